The number of benzene rings is 1. The summed E-state index contributed by atoms with van der Waals surface area (Å²) >= 11 is 0. The minimum Gasteiger partial charge on any atom is -0.508 e. The van der Waals surface area contributed by atoms with E-state index in [1.54, 1.807) is 41.1 Å². The fraction of sp³-hybridized carbons (Fsp3) is 0. The van der Waals surface area contributed by atoms with Gasteiger partial charge in [-0.25, -0.2) is 4.98 Å². The number of carbonyl (C=O) groups is 2. The van der Waals surface area contributed by atoms with E-state index in [-0.39, 0.29) is 11.7 Å². The SMILES string of the molecule is O=Cc1cn2cc(NC(=O)c3cccc(O)c3)ccc2n1. The van der Waals surface area contributed by atoms with Gasteiger partial charge in [-0.05, 0) is 30.3 Å². The van der Waals surface area contributed by atoms with Crippen LogP contribution in [0.25, 0.3) is 5.65 Å². The number of amides is 1. The van der Waals surface area contributed by atoms with Crippen molar-refractivity contribution < 1.29 is 14.7 Å². The molecule has 0 spiro atoms. The topological polar surface area (TPSA) is 83.7 Å². The Morgan fingerprint density at radius 1 is 1.24 bits per heavy atom. The van der Waals surface area contributed by atoms with Crippen LogP contribution in [0.2, 0.25) is 0 Å². The summed E-state index contributed by atoms with van der Waals surface area (Å²) in [6, 6.07) is 9.47. The van der Waals surface area contributed by atoms with Gasteiger partial charge in [-0.2, -0.15) is 0 Å². The van der Waals surface area contributed by atoms with Crippen molar-refractivity contribution in [1.29, 1.82) is 0 Å². The number of aromatic nitrogens is 2. The van der Waals surface area contributed by atoms with Gasteiger partial charge in [0.25, 0.3) is 5.91 Å². The fourth-order valence-corrected chi connectivity index (χ4v) is 1.99. The normalized spacial score (nSPS) is 10.5. The zero-order valence-electron chi connectivity index (χ0n) is 10.9. The number of nitrogens with one attached hydrogen (secondary N) is 1. The molecule has 0 aliphatic heterocycles. The molecule has 21 heavy (non-hydrogen) atoms. The lowest BCUT2D eigenvalue weighted by Crippen LogP contribution is -2.12. The molecule has 2 heterocycles. The van der Waals surface area contributed by atoms with E-state index in [1.165, 1.54) is 12.1 Å². The maximum absolute atomic E-state index is 12.1. The molecule has 6 nitrogen and oxygen atoms in total. The molecule has 0 atom stereocenters. The van der Waals surface area contributed by atoms with Crippen molar-refractivity contribution in [2.24, 2.45) is 0 Å². The van der Waals surface area contributed by atoms with E-state index in [0.717, 1.165) is 0 Å². The largest absolute Gasteiger partial charge is 0.508 e. The molecule has 104 valence electrons. The number of hydrogen-bond acceptors (Lipinski definition) is 4. The van der Waals surface area contributed by atoms with E-state index < -0.39 is 0 Å². The lowest BCUT2D eigenvalue weighted by atomic mass is 10.2. The molecular weight excluding hydrogens is 270 g/mol. The molecule has 0 aliphatic rings. The average Bonchev–Trinajstić information content (AvgIpc) is 2.89. The van der Waals surface area contributed by atoms with Crippen LogP contribution in [0.1, 0.15) is 20.8 Å². The Kier molecular flexibility index (Phi) is 3.12. The third-order valence-electron chi connectivity index (χ3n) is 2.96. The molecule has 0 unspecified atom stereocenters. The monoisotopic (exact) mass is 281 g/mol. The number of hydrogen-bond donors (Lipinski definition) is 2. The van der Waals surface area contributed by atoms with Gasteiger partial charge in [0.1, 0.15) is 17.1 Å². The van der Waals surface area contributed by atoms with Crippen LogP contribution in [-0.4, -0.2) is 26.7 Å². The Labute approximate surface area is 119 Å². The summed E-state index contributed by atoms with van der Waals surface area (Å²) in [6.45, 7) is 0. The zero-order valence-corrected chi connectivity index (χ0v) is 10.9. The second kappa shape index (κ2) is 5.09. The number of fused-ring (bicyclic) bond motifs is 1. The van der Waals surface area contributed by atoms with Gasteiger partial charge in [0.05, 0.1) is 5.69 Å². The maximum Gasteiger partial charge on any atom is 0.255 e. The molecule has 0 radical (unpaired) electrons. The molecule has 1 amide bonds. The highest BCUT2D eigenvalue weighted by molar-refractivity contribution is 6.04. The van der Waals surface area contributed by atoms with Crippen LogP contribution in [0.15, 0.2) is 48.8 Å². The minimum atomic E-state index is -0.332. The van der Waals surface area contributed by atoms with Gasteiger partial charge in [0.2, 0.25) is 0 Å². The summed E-state index contributed by atoms with van der Waals surface area (Å²) in [5.41, 5.74) is 1.86. The van der Waals surface area contributed by atoms with Gasteiger partial charge in [-0.3, -0.25) is 9.59 Å². The predicted molar refractivity (Wildman–Crippen MR) is 76.6 cm³/mol. The number of phenolic OH excluding ortho intramolecular Hbond substituents is 1. The molecule has 6 heteroatoms. The van der Waals surface area contributed by atoms with Crippen molar-refractivity contribution in [3.63, 3.8) is 0 Å². The van der Waals surface area contributed by atoms with Crippen LogP contribution in [0, 0.1) is 0 Å². The number of pyridine rings is 1. The van der Waals surface area contributed by atoms with Gasteiger partial charge < -0.3 is 14.8 Å². The lowest BCUT2D eigenvalue weighted by Gasteiger charge is -2.06. The fourth-order valence-electron chi connectivity index (χ4n) is 1.99. The number of phenols is 1. The number of imidazole rings is 1. The lowest BCUT2D eigenvalue weighted by molar-refractivity contribution is 0.102. The van der Waals surface area contributed by atoms with Crippen molar-refractivity contribution in [3.8, 4) is 5.75 Å². The van der Waals surface area contributed by atoms with Crippen LogP contribution in [-0.2, 0) is 0 Å². The van der Waals surface area contributed by atoms with Gasteiger partial charge in [0.15, 0.2) is 6.29 Å². The highest BCUT2D eigenvalue weighted by Crippen LogP contribution is 2.15. The average molecular weight is 281 g/mol. The summed E-state index contributed by atoms with van der Waals surface area (Å²) in [7, 11) is 0. The first-order valence-corrected chi connectivity index (χ1v) is 6.20. The first kappa shape index (κ1) is 12.9. The molecular formula is C15H11N3O3. The Balaban J connectivity index is 1.87. The van der Waals surface area contributed by atoms with Crippen molar-refractivity contribution in [2.45, 2.75) is 0 Å². The molecule has 3 rings (SSSR count). The number of aldehydes is 1. The minimum absolute atomic E-state index is 0.0309. The second-order valence-electron chi connectivity index (χ2n) is 4.47. The molecule has 2 N–H and O–H groups in total. The smallest absolute Gasteiger partial charge is 0.255 e. The summed E-state index contributed by atoms with van der Waals surface area (Å²) in [5.74, 6) is -0.302. The van der Waals surface area contributed by atoms with Gasteiger partial charge >= 0.3 is 0 Å². The Bertz CT molecular complexity index is 839. The zero-order chi connectivity index (χ0) is 14.8. The Morgan fingerprint density at radius 3 is 2.86 bits per heavy atom. The third-order valence-corrected chi connectivity index (χ3v) is 2.96. The number of carbonyl (C=O) groups excluding carboxylic acids is 2. The Morgan fingerprint density at radius 2 is 2.10 bits per heavy atom. The van der Waals surface area contributed by atoms with Crippen molar-refractivity contribution in [2.75, 3.05) is 5.32 Å². The van der Waals surface area contributed by atoms with Gasteiger partial charge in [-0.1, -0.05) is 6.07 Å². The first-order chi connectivity index (χ1) is 10.2. The number of nitrogens with zero attached hydrogens (tertiary/aromatic N) is 2. The molecule has 0 bridgehead atoms. The van der Waals surface area contributed by atoms with Crippen LogP contribution in [0.4, 0.5) is 5.69 Å². The first-order valence-electron chi connectivity index (χ1n) is 6.20. The molecule has 3 aromatic rings. The molecule has 0 saturated heterocycles. The maximum atomic E-state index is 12.1. The molecule has 0 aliphatic carbocycles. The van der Waals surface area contributed by atoms with E-state index in [1.807, 2.05) is 0 Å². The van der Waals surface area contributed by atoms with Crippen LogP contribution in [0.5, 0.6) is 5.75 Å². The van der Waals surface area contributed by atoms with E-state index in [0.29, 0.717) is 28.9 Å². The quantitative estimate of drug-likeness (QED) is 0.720. The van der Waals surface area contributed by atoms with E-state index in [4.69, 9.17) is 0 Å². The molecule has 1 aromatic carbocycles. The van der Waals surface area contributed by atoms with Crippen molar-refractivity contribution in [3.05, 3.63) is 60.0 Å². The summed E-state index contributed by atoms with van der Waals surface area (Å²) < 4.78 is 1.65. The number of aromatic hydroxyl groups is 1. The summed E-state index contributed by atoms with van der Waals surface area (Å²) in [5, 5.41) is 12.1. The van der Waals surface area contributed by atoms with E-state index >= 15 is 0 Å². The van der Waals surface area contributed by atoms with Crippen molar-refractivity contribution in [1.82, 2.24) is 9.38 Å². The number of anilines is 1. The molecule has 0 fully saturated rings. The van der Waals surface area contributed by atoms with Crippen molar-refractivity contribution >= 4 is 23.5 Å². The predicted octanol–water partition coefficient (Wildman–Crippen LogP) is 2.10. The Hall–Kier alpha value is -3.15. The second-order valence-corrected chi connectivity index (χ2v) is 4.47. The standard InChI is InChI=1S/C15H11N3O3/c19-9-12-8-18-7-11(4-5-14(18)16-12)17-15(21)10-2-1-3-13(20)6-10/h1-9,20H,(H,17,21). The molecule has 0 saturated carbocycles. The highest BCUT2D eigenvalue weighted by atomic mass is 16.3. The highest BCUT2D eigenvalue weighted by Gasteiger charge is 2.08. The van der Waals surface area contributed by atoms with Gasteiger partial charge in [-0.15, -0.1) is 0 Å². The summed E-state index contributed by atoms with van der Waals surface area (Å²) in [4.78, 5) is 26.8. The van der Waals surface area contributed by atoms with Crippen LogP contribution in [0.3, 0.4) is 0 Å². The van der Waals surface area contributed by atoms with Gasteiger partial charge in [0, 0.05) is 18.0 Å². The summed E-state index contributed by atoms with van der Waals surface area (Å²) in [6.07, 6.45) is 3.90. The van der Waals surface area contributed by atoms with E-state index in [9.17, 15) is 14.7 Å². The van der Waals surface area contributed by atoms with Crippen LogP contribution < -0.4 is 5.32 Å². The molecule has 2 aromatic heterocycles. The number of rotatable bonds is 3. The van der Waals surface area contributed by atoms with E-state index in [2.05, 4.69) is 10.3 Å². The third kappa shape index (κ3) is 2.59. The van der Waals surface area contributed by atoms with Crippen LogP contribution >= 0.6 is 0 Å².